The molecule has 118 valence electrons. The summed E-state index contributed by atoms with van der Waals surface area (Å²) in [5.74, 6) is 1.91. The Labute approximate surface area is 136 Å². The van der Waals surface area contributed by atoms with Crippen molar-refractivity contribution in [3.63, 3.8) is 0 Å². The molecule has 0 aliphatic heterocycles. The predicted octanol–water partition coefficient (Wildman–Crippen LogP) is 3.75. The van der Waals surface area contributed by atoms with Crippen LogP contribution in [0.25, 0.3) is 0 Å². The van der Waals surface area contributed by atoms with Crippen LogP contribution in [-0.2, 0) is 6.42 Å². The molecule has 4 heteroatoms. The summed E-state index contributed by atoms with van der Waals surface area (Å²) in [7, 11) is 1.61. The van der Waals surface area contributed by atoms with E-state index in [1.54, 1.807) is 25.3 Å². The highest BCUT2D eigenvalue weighted by molar-refractivity contribution is 5.44. The van der Waals surface area contributed by atoms with Crippen LogP contribution in [0.15, 0.2) is 55.1 Å². The van der Waals surface area contributed by atoms with E-state index in [2.05, 4.69) is 12.6 Å². The lowest BCUT2D eigenvalue weighted by molar-refractivity contribution is 0.211. The second-order valence-corrected chi connectivity index (χ2v) is 4.78. The van der Waals surface area contributed by atoms with Gasteiger partial charge in [0.1, 0.15) is 25.0 Å². The van der Waals surface area contributed by atoms with E-state index < -0.39 is 0 Å². The molecule has 0 saturated heterocycles. The van der Waals surface area contributed by atoms with Crippen LogP contribution < -0.4 is 14.2 Å². The van der Waals surface area contributed by atoms with Gasteiger partial charge in [-0.1, -0.05) is 24.3 Å². The number of hydrogen-bond acceptors (Lipinski definition) is 4. The minimum Gasteiger partial charge on any atom is -0.493 e. The van der Waals surface area contributed by atoms with Crippen LogP contribution >= 0.6 is 0 Å². The van der Waals surface area contributed by atoms with Gasteiger partial charge >= 0.3 is 0 Å². The summed E-state index contributed by atoms with van der Waals surface area (Å²) in [5.41, 5.74) is 1.63. The largest absolute Gasteiger partial charge is 0.493 e. The predicted molar refractivity (Wildman–Crippen MR) is 89.0 cm³/mol. The summed E-state index contributed by atoms with van der Waals surface area (Å²) in [4.78, 5) is 0. The first-order chi connectivity index (χ1) is 11.3. The molecule has 0 bridgehead atoms. The molecule has 23 heavy (non-hydrogen) atoms. The van der Waals surface area contributed by atoms with Crippen LogP contribution in [0.1, 0.15) is 11.1 Å². The number of benzene rings is 2. The summed E-state index contributed by atoms with van der Waals surface area (Å²) < 4.78 is 16.6. The molecule has 4 nitrogen and oxygen atoms in total. The first-order valence-electron chi connectivity index (χ1n) is 7.31. The lowest BCUT2D eigenvalue weighted by Crippen LogP contribution is -2.10. The first-order valence-corrected chi connectivity index (χ1v) is 7.31. The van der Waals surface area contributed by atoms with Crippen LogP contribution in [0.4, 0.5) is 0 Å². The monoisotopic (exact) mass is 309 g/mol. The lowest BCUT2D eigenvalue weighted by atomic mass is 10.1. The van der Waals surface area contributed by atoms with E-state index in [9.17, 15) is 0 Å². The Morgan fingerprint density at radius 2 is 1.78 bits per heavy atom. The van der Waals surface area contributed by atoms with Gasteiger partial charge in [-0.2, -0.15) is 5.26 Å². The average Bonchev–Trinajstić information content (AvgIpc) is 2.60. The maximum atomic E-state index is 9.01. The number of nitriles is 1. The van der Waals surface area contributed by atoms with Crippen LogP contribution in [0.5, 0.6) is 17.2 Å². The fraction of sp³-hybridized carbons (Fsp3) is 0.211. The van der Waals surface area contributed by atoms with Crippen molar-refractivity contribution in [1.82, 2.24) is 0 Å². The van der Waals surface area contributed by atoms with Crippen LogP contribution in [-0.4, -0.2) is 20.3 Å². The fourth-order valence-corrected chi connectivity index (χ4v) is 2.11. The summed E-state index contributed by atoms with van der Waals surface area (Å²) >= 11 is 0. The van der Waals surface area contributed by atoms with Gasteiger partial charge in [0.05, 0.1) is 12.7 Å². The standard InChI is InChI=1S/C19H19NO3/c1-3-6-15-9-10-18(19(13-15)21-2)23-12-11-22-17-8-5-4-7-16(17)14-20/h3-5,7-10,13H,1,6,11-12H2,2H3. The van der Waals surface area contributed by atoms with E-state index in [0.717, 1.165) is 12.0 Å². The quantitative estimate of drug-likeness (QED) is 0.550. The SMILES string of the molecule is C=CCc1ccc(OCCOc2ccccc2C#N)c(OC)c1. The molecule has 0 spiro atoms. The molecular weight excluding hydrogens is 290 g/mol. The van der Waals surface area contributed by atoms with E-state index in [1.165, 1.54) is 0 Å². The van der Waals surface area contributed by atoms with Gasteiger partial charge in [-0.25, -0.2) is 0 Å². The highest BCUT2D eigenvalue weighted by Gasteiger charge is 2.06. The maximum Gasteiger partial charge on any atom is 0.161 e. The third-order valence-electron chi connectivity index (χ3n) is 3.21. The molecule has 2 aromatic rings. The van der Waals surface area contributed by atoms with E-state index in [0.29, 0.717) is 36.0 Å². The Bertz CT molecular complexity index is 704. The van der Waals surface area contributed by atoms with Crippen LogP contribution in [0.3, 0.4) is 0 Å². The molecule has 0 N–H and O–H groups in total. The molecule has 0 amide bonds. The number of methoxy groups -OCH3 is 1. The topological polar surface area (TPSA) is 51.5 Å². The number of ether oxygens (including phenoxy) is 3. The van der Waals surface area contributed by atoms with Gasteiger partial charge in [0.25, 0.3) is 0 Å². The third-order valence-corrected chi connectivity index (χ3v) is 3.21. The molecule has 0 aliphatic rings. The number of para-hydroxylation sites is 1. The molecule has 0 aromatic heterocycles. The molecule has 0 fully saturated rings. The summed E-state index contributed by atoms with van der Waals surface area (Å²) in [5, 5.41) is 9.01. The number of rotatable bonds is 8. The molecular formula is C19H19NO3. The highest BCUT2D eigenvalue weighted by atomic mass is 16.5. The van der Waals surface area contributed by atoms with E-state index in [1.807, 2.05) is 30.3 Å². The molecule has 2 rings (SSSR count). The summed E-state index contributed by atoms with van der Waals surface area (Å²) in [6, 6.07) is 15.0. The second-order valence-electron chi connectivity index (χ2n) is 4.78. The normalized spacial score (nSPS) is 9.74. The molecule has 0 saturated carbocycles. The summed E-state index contributed by atoms with van der Waals surface area (Å²) in [6.45, 7) is 4.43. The highest BCUT2D eigenvalue weighted by Crippen LogP contribution is 2.28. The molecule has 0 unspecified atom stereocenters. The Hall–Kier alpha value is -2.93. The van der Waals surface area contributed by atoms with Gasteiger partial charge in [0.15, 0.2) is 11.5 Å². The molecule has 0 radical (unpaired) electrons. The second kappa shape index (κ2) is 8.50. The number of nitrogens with zero attached hydrogens (tertiary/aromatic N) is 1. The number of allylic oxidation sites excluding steroid dienone is 1. The van der Waals surface area contributed by atoms with E-state index in [4.69, 9.17) is 19.5 Å². The summed E-state index contributed by atoms with van der Waals surface area (Å²) in [6.07, 6.45) is 2.63. The van der Waals surface area contributed by atoms with Gasteiger partial charge in [0.2, 0.25) is 0 Å². The van der Waals surface area contributed by atoms with Crippen molar-refractivity contribution in [3.05, 3.63) is 66.2 Å². The third kappa shape index (κ3) is 4.52. The van der Waals surface area contributed by atoms with Gasteiger partial charge in [-0.05, 0) is 36.2 Å². The zero-order chi connectivity index (χ0) is 16.5. The van der Waals surface area contributed by atoms with Crippen molar-refractivity contribution in [1.29, 1.82) is 5.26 Å². The van der Waals surface area contributed by atoms with Crippen molar-refractivity contribution < 1.29 is 14.2 Å². The minimum atomic E-state index is 0.344. The Kier molecular flexibility index (Phi) is 6.07. The van der Waals surface area contributed by atoms with Gasteiger partial charge in [-0.3, -0.25) is 0 Å². The maximum absolute atomic E-state index is 9.01. The van der Waals surface area contributed by atoms with Gasteiger partial charge in [-0.15, -0.1) is 6.58 Å². The van der Waals surface area contributed by atoms with E-state index in [-0.39, 0.29) is 0 Å². The molecule has 0 aliphatic carbocycles. The molecule has 0 atom stereocenters. The molecule has 2 aromatic carbocycles. The zero-order valence-electron chi connectivity index (χ0n) is 13.1. The molecule has 0 heterocycles. The van der Waals surface area contributed by atoms with Crippen molar-refractivity contribution in [2.45, 2.75) is 6.42 Å². The zero-order valence-corrected chi connectivity index (χ0v) is 13.1. The Balaban J connectivity index is 1.91. The Morgan fingerprint density at radius 3 is 2.48 bits per heavy atom. The Morgan fingerprint density at radius 1 is 1.04 bits per heavy atom. The van der Waals surface area contributed by atoms with Crippen LogP contribution in [0.2, 0.25) is 0 Å². The first kappa shape index (κ1) is 16.4. The van der Waals surface area contributed by atoms with Gasteiger partial charge in [0, 0.05) is 0 Å². The minimum absolute atomic E-state index is 0.344. The van der Waals surface area contributed by atoms with Crippen molar-refractivity contribution in [2.75, 3.05) is 20.3 Å². The van der Waals surface area contributed by atoms with Crippen molar-refractivity contribution in [2.24, 2.45) is 0 Å². The van der Waals surface area contributed by atoms with E-state index >= 15 is 0 Å². The fourth-order valence-electron chi connectivity index (χ4n) is 2.11. The number of hydrogen-bond donors (Lipinski definition) is 0. The van der Waals surface area contributed by atoms with Crippen molar-refractivity contribution in [3.8, 4) is 23.3 Å². The lowest BCUT2D eigenvalue weighted by Gasteiger charge is -2.13. The van der Waals surface area contributed by atoms with Gasteiger partial charge < -0.3 is 14.2 Å². The average molecular weight is 309 g/mol. The van der Waals surface area contributed by atoms with Crippen LogP contribution in [0, 0.1) is 11.3 Å². The smallest absolute Gasteiger partial charge is 0.161 e. The van der Waals surface area contributed by atoms with Crippen molar-refractivity contribution >= 4 is 0 Å².